The van der Waals surface area contributed by atoms with E-state index in [2.05, 4.69) is 15.3 Å². The van der Waals surface area contributed by atoms with Gasteiger partial charge in [-0.15, -0.1) is 0 Å². The van der Waals surface area contributed by atoms with Crippen molar-refractivity contribution in [2.45, 2.75) is 13.3 Å². The number of nitrogens with one attached hydrogen (secondary N) is 1. The minimum atomic E-state index is -0.479. The fraction of sp³-hybridized carbons (Fsp3) is 0.176. The van der Waals surface area contributed by atoms with Gasteiger partial charge in [0.25, 0.3) is 0 Å². The van der Waals surface area contributed by atoms with Gasteiger partial charge in [-0.1, -0.05) is 23.7 Å². The number of halogens is 1. The molecule has 120 valence electrons. The van der Waals surface area contributed by atoms with E-state index >= 15 is 0 Å². The number of rotatable bonds is 4. The maximum Gasteiger partial charge on any atom is 0.355 e. The third-order valence-corrected chi connectivity index (χ3v) is 3.82. The van der Waals surface area contributed by atoms with Crippen LogP contribution in [0.2, 0.25) is 5.02 Å². The van der Waals surface area contributed by atoms with E-state index in [0.717, 1.165) is 5.69 Å². The number of nitrogens with zero attached hydrogens (tertiary/aromatic N) is 4. The third kappa shape index (κ3) is 2.94. The number of hydrogen-bond acceptors (Lipinski definition) is 5. The summed E-state index contributed by atoms with van der Waals surface area (Å²) in [7, 11) is 0. The lowest BCUT2D eigenvalue weighted by Gasteiger charge is -2.14. The van der Waals surface area contributed by atoms with Crippen LogP contribution in [0.15, 0.2) is 41.2 Å². The third-order valence-electron chi connectivity index (χ3n) is 3.50. The van der Waals surface area contributed by atoms with Crippen LogP contribution in [0.25, 0.3) is 16.7 Å². The van der Waals surface area contributed by atoms with Gasteiger partial charge in [-0.2, -0.15) is 10.2 Å². The van der Waals surface area contributed by atoms with Crippen molar-refractivity contribution >= 4 is 28.5 Å². The number of nitriles is 1. The maximum atomic E-state index is 12.6. The molecule has 0 saturated carbocycles. The molecule has 2 heterocycles. The second-order valence-electron chi connectivity index (χ2n) is 5.19. The summed E-state index contributed by atoms with van der Waals surface area (Å²) in [6.07, 6.45) is 0.316. The van der Waals surface area contributed by atoms with Crippen LogP contribution >= 0.6 is 11.6 Å². The molecular formula is C17H14ClN5O. The predicted molar refractivity (Wildman–Crippen MR) is 93.6 cm³/mol. The number of anilines is 1. The topological polar surface area (TPSA) is 83.6 Å². The zero-order valence-corrected chi connectivity index (χ0v) is 13.7. The first-order valence-corrected chi connectivity index (χ1v) is 7.76. The van der Waals surface area contributed by atoms with Crippen molar-refractivity contribution in [3.05, 3.63) is 57.6 Å². The van der Waals surface area contributed by atoms with Crippen LogP contribution in [0.1, 0.15) is 12.1 Å². The first-order valence-electron chi connectivity index (χ1n) is 7.38. The SMILES string of the molecule is Cc1ccc2c(NCCC#N)nc(=O)n(-c3ccccc3Cl)c2n1. The number of aryl methyl sites for hydroxylation is 1. The zero-order valence-electron chi connectivity index (χ0n) is 13.0. The number of benzene rings is 1. The van der Waals surface area contributed by atoms with E-state index in [0.29, 0.717) is 40.5 Å². The molecule has 2 aromatic heterocycles. The van der Waals surface area contributed by atoms with E-state index in [9.17, 15) is 4.79 Å². The minimum absolute atomic E-state index is 0.316. The molecule has 0 saturated heterocycles. The Morgan fingerprint density at radius 2 is 2.04 bits per heavy atom. The Labute approximate surface area is 143 Å². The smallest absolute Gasteiger partial charge is 0.355 e. The first-order chi connectivity index (χ1) is 11.6. The molecule has 7 heteroatoms. The highest BCUT2D eigenvalue weighted by molar-refractivity contribution is 6.32. The lowest BCUT2D eigenvalue weighted by molar-refractivity contribution is 0.929. The molecule has 1 aromatic carbocycles. The molecule has 0 spiro atoms. The van der Waals surface area contributed by atoms with Crippen molar-refractivity contribution in [1.29, 1.82) is 5.26 Å². The lowest BCUT2D eigenvalue weighted by atomic mass is 10.2. The summed E-state index contributed by atoms with van der Waals surface area (Å²) in [6, 6.07) is 12.8. The zero-order chi connectivity index (χ0) is 17.1. The first kappa shape index (κ1) is 16.0. The number of hydrogen-bond donors (Lipinski definition) is 1. The number of aromatic nitrogens is 3. The quantitative estimate of drug-likeness (QED) is 0.738. The average Bonchev–Trinajstić information content (AvgIpc) is 2.56. The van der Waals surface area contributed by atoms with Gasteiger partial charge in [-0.25, -0.2) is 14.3 Å². The summed E-state index contributed by atoms with van der Waals surface area (Å²) < 4.78 is 1.40. The fourth-order valence-corrected chi connectivity index (χ4v) is 2.64. The van der Waals surface area contributed by atoms with Crippen LogP contribution in [0.3, 0.4) is 0 Å². The molecule has 0 atom stereocenters. The van der Waals surface area contributed by atoms with Crippen LogP contribution in [0.4, 0.5) is 5.82 Å². The molecule has 6 nitrogen and oxygen atoms in total. The highest BCUT2D eigenvalue weighted by Gasteiger charge is 2.15. The number of fused-ring (bicyclic) bond motifs is 1. The van der Waals surface area contributed by atoms with Gasteiger partial charge in [0.2, 0.25) is 0 Å². The largest absolute Gasteiger partial charge is 0.368 e. The van der Waals surface area contributed by atoms with Gasteiger partial charge in [0, 0.05) is 12.2 Å². The highest BCUT2D eigenvalue weighted by atomic mass is 35.5. The van der Waals surface area contributed by atoms with Crippen LogP contribution in [-0.4, -0.2) is 21.1 Å². The number of pyridine rings is 1. The summed E-state index contributed by atoms with van der Waals surface area (Å²) >= 11 is 6.25. The molecule has 1 N–H and O–H groups in total. The van der Waals surface area contributed by atoms with Gasteiger partial charge >= 0.3 is 5.69 Å². The Morgan fingerprint density at radius 1 is 1.25 bits per heavy atom. The van der Waals surface area contributed by atoms with Gasteiger partial charge < -0.3 is 5.32 Å². The van der Waals surface area contributed by atoms with Gasteiger partial charge in [-0.3, -0.25) is 0 Å². The molecule has 0 unspecified atom stereocenters. The van der Waals surface area contributed by atoms with Crippen LogP contribution < -0.4 is 11.0 Å². The molecule has 0 aliphatic heterocycles. The Bertz CT molecular complexity index is 1010. The summed E-state index contributed by atoms with van der Waals surface area (Å²) in [5.74, 6) is 0.418. The molecule has 0 radical (unpaired) electrons. The molecule has 0 fully saturated rings. The van der Waals surface area contributed by atoms with Crippen molar-refractivity contribution in [2.24, 2.45) is 0 Å². The van der Waals surface area contributed by atoms with E-state index in [1.165, 1.54) is 4.57 Å². The van der Waals surface area contributed by atoms with E-state index in [1.807, 2.05) is 25.1 Å². The van der Waals surface area contributed by atoms with Gasteiger partial charge in [0.05, 0.1) is 28.6 Å². The summed E-state index contributed by atoms with van der Waals surface area (Å²) in [6.45, 7) is 2.26. The molecule has 3 rings (SSSR count). The molecular weight excluding hydrogens is 326 g/mol. The molecule has 0 aliphatic rings. The van der Waals surface area contributed by atoms with E-state index < -0.39 is 5.69 Å². The molecule has 24 heavy (non-hydrogen) atoms. The monoisotopic (exact) mass is 339 g/mol. The normalized spacial score (nSPS) is 10.5. The Kier molecular flexibility index (Phi) is 4.45. The molecule has 0 bridgehead atoms. The summed E-state index contributed by atoms with van der Waals surface area (Å²) in [4.78, 5) is 21.2. The predicted octanol–water partition coefficient (Wildman–Crippen LogP) is 3.07. The lowest BCUT2D eigenvalue weighted by Crippen LogP contribution is -2.24. The van der Waals surface area contributed by atoms with Crippen LogP contribution in [-0.2, 0) is 0 Å². The van der Waals surface area contributed by atoms with Crippen molar-refractivity contribution in [1.82, 2.24) is 14.5 Å². The highest BCUT2D eigenvalue weighted by Crippen LogP contribution is 2.24. The molecule has 0 amide bonds. The van der Waals surface area contributed by atoms with Crippen molar-refractivity contribution < 1.29 is 0 Å². The van der Waals surface area contributed by atoms with Crippen molar-refractivity contribution in [3.63, 3.8) is 0 Å². The van der Waals surface area contributed by atoms with Crippen molar-refractivity contribution in [2.75, 3.05) is 11.9 Å². The van der Waals surface area contributed by atoms with Crippen LogP contribution in [0, 0.1) is 18.3 Å². The maximum absolute atomic E-state index is 12.6. The summed E-state index contributed by atoms with van der Waals surface area (Å²) in [5.41, 5.74) is 1.30. The number of para-hydroxylation sites is 1. The average molecular weight is 340 g/mol. The molecule has 3 aromatic rings. The Morgan fingerprint density at radius 3 is 2.79 bits per heavy atom. The Hall–Kier alpha value is -2.91. The second-order valence-corrected chi connectivity index (χ2v) is 5.60. The van der Waals surface area contributed by atoms with Gasteiger partial charge in [0.15, 0.2) is 5.65 Å². The van der Waals surface area contributed by atoms with E-state index in [-0.39, 0.29) is 0 Å². The second kappa shape index (κ2) is 6.69. The van der Waals surface area contributed by atoms with Gasteiger partial charge in [-0.05, 0) is 31.2 Å². The molecule has 0 aliphatic carbocycles. The standard InChI is InChI=1S/C17H14ClN5O/c1-11-7-8-12-15(20-10-4-9-19)22-17(24)23(16(12)21-11)14-6-3-2-5-13(14)18/h2-3,5-8H,4,10H2,1H3,(H,20,22,24). The van der Waals surface area contributed by atoms with Gasteiger partial charge in [0.1, 0.15) is 5.82 Å². The Balaban J connectivity index is 2.28. The minimum Gasteiger partial charge on any atom is -0.368 e. The summed E-state index contributed by atoms with van der Waals surface area (Å²) in [5, 5.41) is 12.8. The van der Waals surface area contributed by atoms with E-state index in [4.69, 9.17) is 16.9 Å². The van der Waals surface area contributed by atoms with Crippen LogP contribution in [0.5, 0.6) is 0 Å². The fourth-order valence-electron chi connectivity index (χ4n) is 2.42. The van der Waals surface area contributed by atoms with E-state index in [1.54, 1.807) is 24.3 Å². The van der Waals surface area contributed by atoms with Crippen molar-refractivity contribution in [3.8, 4) is 11.8 Å².